The van der Waals surface area contributed by atoms with Crippen LogP contribution in [-0.4, -0.2) is 45.1 Å². The first-order valence-corrected chi connectivity index (χ1v) is 12.6. The Bertz CT molecular complexity index is 1240. The van der Waals surface area contributed by atoms with Gasteiger partial charge in [0.05, 0.1) is 12.1 Å². The van der Waals surface area contributed by atoms with Gasteiger partial charge in [-0.2, -0.15) is 0 Å². The Balaban J connectivity index is 1.63. The SMILES string of the molecule is CC1C=CC(Nc2c(-c3ccc(F)cc3)nc3n2C(C)(C)CN(C(=O)CNC(=O)OC(C)(C)C)C3)=CC1. The lowest BCUT2D eigenvalue weighted by atomic mass is 10.00. The molecule has 0 fully saturated rings. The fraction of sp³-hybridized carbons (Fsp3) is 0.464. The summed E-state index contributed by atoms with van der Waals surface area (Å²) in [5.41, 5.74) is 1.29. The Hall–Kier alpha value is -3.62. The lowest BCUT2D eigenvalue weighted by Gasteiger charge is -2.40. The molecule has 2 amide bonds. The van der Waals surface area contributed by atoms with E-state index in [0.717, 1.165) is 23.5 Å². The lowest BCUT2D eigenvalue weighted by Crippen LogP contribution is -2.51. The van der Waals surface area contributed by atoms with E-state index in [1.54, 1.807) is 37.8 Å². The quantitative estimate of drug-likeness (QED) is 0.580. The molecule has 37 heavy (non-hydrogen) atoms. The summed E-state index contributed by atoms with van der Waals surface area (Å²) in [6, 6.07) is 6.26. The number of amides is 2. The van der Waals surface area contributed by atoms with Crippen molar-refractivity contribution in [3.05, 3.63) is 59.8 Å². The minimum Gasteiger partial charge on any atom is -0.444 e. The molecule has 1 aromatic heterocycles. The van der Waals surface area contributed by atoms with Crippen LogP contribution in [0.1, 0.15) is 53.8 Å². The molecular weight excluding hydrogens is 473 g/mol. The number of fused-ring (bicyclic) bond motifs is 1. The van der Waals surface area contributed by atoms with Crippen LogP contribution in [0.15, 0.2) is 48.2 Å². The molecule has 0 spiro atoms. The standard InChI is InChI=1S/C28H36FN5O3/c1-18-7-13-21(14-8-18)31-25-24(19-9-11-20(29)12-10-19)32-22-16-33(17-28(5,6)34(22)25)23(35)15-30-26(36)37-27(2,3)4/h7,9-14,18,31H,8,15-17H2,1-6H3,(H,30,36). The summed E-state index contributed by atoms with van der Waals surface area (Å²) in [4.78, 5) is 31.7. The third-order valence-electron chi connectivity index (χ3n) is 6.29. The number of ether oxygens (including phenoxy) is 1. The average molecular weight is 510 g/mol. The van der Waals surface area contributed by atoms with E-state index in [1.165, 1.54) is 12.1 Å². The van der Waals surface area contributed by atoms with E-state index >= 15 is 0 Å². The van der Waals surface area contributed by atoms with Crippen LogP contribution in [0.5, 0.6) is 0 Å². The predicted molar refractivity (Wildman–Crippen MR) is 141 cm³/mol. The maximum absolute atomic E-state index is 13.7. The number of anilines is 1. The Morgan fingerprint density at radius 2 is 1.92 bits per heavy atom. The van der Waals surface area contributed by atoms with Crippen molar-refractivity contribution in [1.29, 1.82) is 0 Å². The van der Waals surface area contributed by atoms with Gasteiger partial charge in [-0.05, 0) is 77.3 Å². The minimum atomic E-state index is -0.647. The van der Waals surface area contributed by atoms with E-state index in [0.29, 0.717) is 24.0 Å². The third-order valence-corrected chi connectivity index (χ3v) is 6.29. The number of halogens is 1. The van der Waals surface area contributed by atoms with Crippen molar-refractivity contribution < 1.29 is 18.7 Å². The number of nitrogens with zero attached hydrogens (tertiary/aromatic N) is 3. The molecule has 0 bridgehead atoms. The molecular formula is C28H36FN5O3. The number of aromatic nitrogens is 2. The van der Waals surface area contributed by atoms with Crippen molar-refractivity contribution in [2.24, 2.45) is 5.92 Å². The lowest BCUT2D eigenvalue weighted by molar-refractivity contribution is -0.133. The summed E-state index contributed by atoms with van der Waals surface area (Å²) >= 11 is 0. The highest BCUT2D eigenvalue weighted by Crippen LogP contribution is 2.38. The summed E-state index contributed by atoms with van der Waals surface area (Å²) in [6.07, 6.45) is 6.69. The summed E-state index contributed by atoms with van der Waals surface area (Å²) in [7, 11) is 0. The fourth-order valence-corrected chi connectivity index (χ4v) is 4.62. The molecule has 1 aliphatic carbocycles. The highest BCUT2D eigenvalue weighted by molar-refractivity contribution is 5.83. The minimum absolute atomic E-state index is 0.169. The van der Waals surface area contributed by atoms with Gasteiger partial charge in [-0.15, -0.1) is 0 Å². The van der Waals surface area contributed by atoms with E-state index in [9.17, 15) is 14.0 Å². The zero-order valence-electron chi connectivity index (χ0n) is 22.4. The van der Waals surface area contributed by atoms with Gasteiger partial charge in [-0.1, -0.05) is 19.1 Å². The van der Waals surface area contributed by atoms with Crippen molar-refractivity contribution in [2.75, 3.05) is 18.4 Å². The Kier molecular flexibility index (Phi) is 7.17. The number of hydrogen-bond donors (Lipinski definition) is 2. The molecule has 1 aliphatic heterocycles. The van der Waals surface area contributed by atoms with Crippen molar-refractivity contribution in [1.82, 2.24) is 19.8 Å². The molecule has 2 aliphatic rings. The van der Waals surface area contributed by atoms with Crippen LogP contribution < -0.4 is 10.6 Å². The number of carbonyl (C=O) groups excluding carboxylic acids is 2. The van der Waals surface area contributed by atoms with Gasteiger partial charge < -0.3 is 24.8 Å². The Morgan fingerprint density at radius 3 is 2.54 bits per heavy atom. The molecule has 1 atom stereocenters. The van der Waals surface area contributed by atoms with Gasteiger partial charge in [-0.25, -0.2) is 14.2 Å². The molecule has 0 radical (unpaired) electrons. The summed E-state index contributed by atoms with van der Waals surface area (Å²) in [5.74, 6) is 1.45. The zero-order valence-corrected chi connectivity index (χ0v) is 22.4. The van der Waals surface area contributed by atoms with Crippen LogP contribution in [-0.2, 0) is 21.6 Å². The first-order valence-electron chi connectivity index (χ1n) is 12.6. The normalized spacial score (nSPS) is 18.6. The van der Waals surface area contributed by atoms with Gasteiger partial charge >= 0.3 is 6.09 Å². The van der Waals surface area contributed by atoms with E-state index in [-0.39, 0.29) is 24.8 Å². The maximum Gasteiger partial charge on any atom is 0.408 e. The zero-order chi connectivity index (χ0) is 27.0. The Morgan fingerprint density at radius 1 is 1.22 bits per heavy atom. The number of hydrogen-bond acceptors (Lipinski definition) is 5. The molecule has 2 N–H and O–H groups in total. The number of carbonyl (C=O) groups is 2. The van der Waals surface area contributed by atoms with Crippen molar-refractivity contribution in [2.45, 2.75) is 65.6 Å². The number of imidazole rings is 1. The molecule has 0 saturated heterocycles. The average Bonchev–Trinajstić information content (AvgIpc) is 3.17. The second-order valence-electron chi connectivity index (χ2n) is 11.3. The summed E-state index contributed by atoms with van der Waals surface area (Å²) in [6.45, 7) is 12.1. The van der Waals surface area contributed by atoms with Gasteiger partial charge in [0, 0.05) is 17.8 Å². The molecule has 9 heteroatoms. The van der Waals surface area contributed by atoms with Crippen LogP contribution >= 0.6 is 0 Å². The highest BCUT2D eigenvalue weighted by Gasteiger charge is 2.38. The van der Waals surface area contributed by atoms with E-state index in [4.69, 9.17) is 9.72 Å². The molecule has 8 nitrogen and oxygen atoms in total. The molecule has 198 valence electrons. The predicted octanol–water partition coefficient (Wildman–Crippen LogP) is 5.18. The van der Waals surface area contributed by atoms with Crippen LogP contribution in [0.4, 0.5) is 15.0 Å². The first kappa shape index (κ1) is 26.4. The van der Waals surface area contributed by atoms with Gasteiger partial charge in [0.2, 0.25) is 5.91 Å². The van der Waals surface area contributed by atoms with Crippen LogP contribution in [0.2, 0.25) is 0 Å². The number of rotatable bonds is 5. The third kappa shape index (κ3) is 6.21. The smallest absolute Gasteiger partial charge is 0.408 e. The first-order chi connectivity index (χ1) is 17.3. The van der Waals surface area contributed by atoms with Crippen molar-refractivity contribution in [3.8, 4) is 11.3 Å². The number of benzene rings is 1. The van der Waals surface area contributed by atoms with Gasteiger partial charge in [0.1, 0.15) is 35.3 Å². The van der Waals surface area contributed by atoms with Gasteiger partial charge in [0.15, 0.2) is 0 Å². The topological polar surface area (TPSA) is 88.5 Å². The van der Waals surface area contributed by atoms with Crippen molar-refractivity contribution >= 4 is 17.8 Å². The second kappa shape index (κ2) is 10.0. The Labute approximate surface area is 217 Å². The van der Waals surface area contributed by atoms with Crippen LogP contribution in [0.3, 0.4) is 0 Å². The van der Waals surface area contributed by atoms with Gasteiger partial charge in [0.25, 0.3) is 0 Å². The van der Waals surface area contributed by atoms with E-state index < -0.39 is 17.2 Å². The van der Waals surface area contributed by atoms with Crippen molar-refractivity contribution in [3.63, 3.8) is 0 Å². The molecule has 2 aromatic rings. The van der Waals surface area contributed by atoms with E-state index in [1.807, 2.05) is 13.8 Å². The monoisotopic (exact) mass is 509 g/mol. The summed E-state index contributed by atoms with van der Waals surface area (Å²) in [5, 5.41) is 6.11. The van der Waals surface area contributed by atoms with Gasteiger partial charge in [-0.3, -0.25) is 4.79 Å². The highest BCUT2D eigenvalue weighted by atomic mass is 19.1. The van der Waals surface area contributed by atoms with Crippen LogP contribution in [0, 0.1) is 11.7 Å². The molecule has 2 heterocycles. The number of nitrogens with one attached hydrogen (secondary N) is 2. The molecule has 0 saturated carbocycles. The largest absolute Gasteiger partial charge is 0.444 e. The maximum atomic E-state index is 13.7. The molecule has 4 rings (SSSR count). The second-order valence-corrected chi connectivity index (χ2v) is 11.3. The van der Waals surface area contributed by atoms with E-state index in [2.05, 4.69) is 40.4 Å². The van der Waals surface area contributed by atoms with Crippen LogP contribution in [0.25, 0.3) is 11.3 Å². The fourth-order valence-electron chi connectivity index (χ4n) is 4.62. The number of alkyl carbamates (subject to hydrolysis) is 1. The molecule has 1 aromatic carbocycles. The number of allylic oxidation sites excluding steroid dienone is 3. The summed E-state index contributed by atoms with van der Waals surface area (Å²) < 4.78 is 21.1. The molecule has 1 unspecified atom stereocenters.